The van der Waals surface area contributed by atoms with Gasteiger partial charge in [0.25, 0.3) is 0 Å². The van der Waals surface area contributed by atoms with E-state index in [-0.39, 0.29) is 11.9 Å². The fourth-order valence-corrected chi connectivity index (χ4v) is 2.94. The Labute approximate surface area is 114 Å². The Morgan fingerprint density at radius 1 is 1.37 bits per heavy atom. The lowest BCUT2D eigenvalue weighted by molar-refractivity contribution is 0.145. The average Bonchev–Trinajstić information content (AvgIpc) is 2.33. The molecule has 19 heavy (non-hydrogen) atoms. The van der Waals surface area contributed by atoms with Crippen molar-refractivity contribution in [2.75, 3.05) is 6.54 Å². The zero-order chi connectivity index (χ0) is 13.9. The molecule has 1 fully saturated rings. The highest BCUT2D eigenvalue weighted by Crippen LogP contribution is 2.27. The minimum Gasteiger partial charge on any atom is -0.314 e. The summed E-state index contributed by atoms with van der Waals surface area (Å²) >= 11 is 0. The molecule has 2 rings (SSSR count). The number of benzene rings is 1. The standard InChI is InChI=1S/C16H23F2N/c1-12-9-14(17)7-6-13(12)10-16(2,18)11-15-5-3-4-8-19-15/h6-7,9,15,19H,3-5,8,10-11H2,1-2H3. The van der Waals surface area contributed by atoms with Crippen LogP contribution in [0.3, 0.4) is 0 Å². The first-order valence-corrected chi connectivity index (χ1v) is 7.14. The molecule has 0 bridgehead atoms. The Hall–Kier alpha value is -0.960. The van der Waals surface area contributed by atoms with Gasteiger partial charge in [-0.2, -0.15) is 0 Å². The Kier molecular flexibility index (Phi) is 4.56. The zero-order valence-corrected chi connectivity index (χ0v) is 11.8. The zero-order valence-electron chi connectivity index (χ0n) is 11.8. The number of rotatable bonds is 4. The number of nitrogens with one attached hydrogen (secondary N) is 1. The molecule has 1 saturated heterocycles. The third-order valence-corrected chi connectivity index (χ3v) is 3.95. The number of hydrogen-bond acceptors (Lipinski definition) is 1. The van der Waals surface area contributed by atoms with Crippen LogP contribution < -0.4 is 5.32 Å². The molecule has 0 aliphatic carbocycles. The summed E-state index contributed by atoms with van der Waals surface area (Å²) in [7, 11) is 0. The molecule has 1 aromatic carbocycles. The van der Waals surface area contributed by atoms with Gasteiger partial charge < -0.3 is 5.32 Å². The predicted octanol–water partition coefficient (Wildman–Crippen LogP) is 3.94. The highest BCUT2D eigenvalue weighted by atomic mass is 19.1. The lowest BCUT2D eigenvalue weighted by Gasteiger charge is -2.30. The molecule has 0 radical (unpaired) electrons. The van der Waals surface area contributed by atoms with Crippen LogP contribution in [0.15, 0.2) is 18.2 Å². The first-order valence-electron chi connectivity index (χ1n) is 7.14. The van der Waals surface area contributed by atoms with E-state index in [4.69, 9.17) is 0 Å². The van der Waals surface area contributed by atoms with Gasteiger partial charge >= 0.3 is 0 Å². The Morgan fingerprint density at radius 2 is 2.16 bits per heavy atom. The van der Waals surface area contributed by atoms with Gasteiger partial charge in [-0.3, -0.25) is 0 Å². The number of piperidine rings is 1. The molecule has 2 unspecified atom stereocenters. The molecule has 0 saturated carbocycles. The van der Waals surface area contributed by atoms with Crippen molar-refractivity contribution >= 4 is 0 Å². The fraction of sp³-hybridized carbons (Fsp3) is 0.625. The van der Waals surface area contributed by atoms with Crippen LogP contribution >= 0.6 is 0 Å². The van der Waals surface area contributed by atoms with Crippen LogP contribution in [-0.4, -0.2) is 18.3 Å². The van der Waals surface area contributed by atoms with Gasteiger partial charge in [0.15, 0.2) is 0 Å². The summed E-state index contributed by atoms with van der Waals surface area (Å²) in [6.07, 6.45) is 4.32. The van der Waals surface area contributed by atoms with Gasteiger partial charge in [-0.1, -0.05) is 12.5 Å². The highest BCUT2D eigenvalue weighted by molar-refractivity contribution is 5.28. The lowest BCUT2D eigenvalue weighted by Crippen LogP contribution is -2.40. The normalized spacial score (nSPS) is 23.1. The van der Waals surface area contributed by atoms with Crippen LogP contribution in [0.25, 0.3) is 0 Å². The molecule has 1 aliphatic heterocycles. The lowest BCUT2D eigenvalue weighted by atomic mass is 9.87. The van der Waals surface area contributed by atoms with E-state index in [2.05, 4.69) is 5.32 Å². The van der Waals surface area contributed by atoms with E-state index in [1.54, 1.807) is 13.0 Å². The molecule has 1 N–H and O–H groups in total. The van der Waals surface area contributed by atoms with Gasteiger partial charge in [0, 0.05) is 12.5 Å². The Balaban J connectivity index is 1.99. The summed E-state index contributed by atoms with van der Waals surface area (Å²) in [6, 6.07) is 4.88. The fourth-order valence-electron chi connectivity index (χ4n) is 2.94. The van der Waals surface area contributed by atoms with Crippen molar-refractivity contribution in [3.05, 3.63) is 35.1 Å². The molecular weight excluding hydrogens is 244 g/mol. The molecule has 106 valence electrons. The highest BCUT2D eigenvalue weighted by Gasteiger charge is 2.29. The van der Waals surface area contributed by atoms with Crippen LogP contribution in [-0.2, 0) is 6.42 Å². The van der Waals surface area contributed by atoms with E-state index < -0.39 is 5.67 Å². The summed E-state index contributed by atoms with van der Waals surface area (Å²) in [5.74, 6) is -0.254. The minimum absolute atomic E-state index is 0.254. The molecule has 1 aromatic rings. The minimum atomic E-state index is -1.24. The van der Waals surface area contributed by atoms with Crippen molar-refractivity contribution in [2.45, 2.75) is 57.7 Å². The van der Waals surface area contributed by atoms with Gasteiger partial charge in [0.1, 0.15) is 11.5 Å². The first kappa shape index (κ1) is 14.4. The number of hydrogen-bond donors (Lipinski definition) is 1. The van der Waals surface area contributed by atoms with Crippen molar-refractivity contribution < 1.29 is 8.78 Å². The molecule has 0 aromatic heterocycles. The maximum Gasteiger partial charge on any atom is 0.123 e. The Morgan fingerprint density at radius 3 is 2.79 bits per heavy atom. The van der Waals surface area contributed by atoms with Crippen LogP contribution in [0, 0.1) is 12.7 Å². The third kappa shape index (κ3) is 4.27. The van der Waals surface area contributed by atoms with Gasteiger partial charge in [-0.15, -0.1) is 0 Å². The summed E-state index contributed by atoms with van der Waals surface area (Å²) in [6.45, 7) is 4.50. The van der Waals surface area contributed by atoms with E-state index >= 15 is 0 Å². The maximum absolute atomic E-state index is 14.7. The first-order chi connectivity index (χ1) is 8.96. The van der Waals surface area contributed by atoms with Crippen LogP contribution in [0.1, 0.15) is 43.7 Å². The molecule has 0 spiro atoms. The second-order valence-corrected chi connectivity index (χ2v) is 6.01. The quantitative estimate of drug-likeness (QED) is 0.871. The number of alkyl halides is 1. The van der Waals surface area contributed by atoms with Crippen molar-refractivity contribution in [1.82, 2.24) is 5.32 Å². The van der Waals surface area contributed by atoms with E-state index in [1.807, 2.05) is 6.92 Å². The largest absolute Gasteiger partial charge is 0.314 e. The second kappa shape index (κ2) is 6.00. The summed E-state index contributed by atoms with van der Waals surface area (Å²) in [5, 5.41) is 3.38. The third-order valence-electron chi connectivity index (χ3n) is 3.95. The second-order valence-electron chi connectivity index (χ2n) is 6.01. The van der Waals surface area contributed by atoms with Crippen LogP contribution in [0.4, 0.5) is 8.78 Å². The van der Waals surface area contributed by atoms with Crippen LogP contribution in [0.2, 0.25) is 0 Å². The smallest absolute Gasteiger partial charge is 0.123 e. The van der Waals surface area contributed by atoms with Gasteiger partial charge in [0.05, 0.1) is 0 Å². The van der Waals surface area contributed by atoms with Gasteiger partial charge in [-0.25, -0.2) is 8.78 Å². The Bertz CT molecular complexity index is 423. The van der Waals surface area contributed by atoms with Gasteiger partial charge in [-0.05, 0) is 62.9 Å². The maximum atomic E-state index is 14.7. The topological polar surface area (TPSA) is 12.0 Å². The molecule has 1 nitrogen and oxygen atoms in total. The SMILES string of the molecule is Cc1cc(F)ccc1CC(C)(F)CC1CCCCN1. The van der Waals surface area contributed by atoms with Crippen molar-refractivity contribution in [3.8, 4) is 0 Å². The van der Waals surface area contributed by atoms with Crippen LogP contribution in [0.5, 0.6) is 0 Å². The summed E-state index contributed by atoms with van der Waals surface area (Å²) in [4.78, 5) is 0. The van der Waals surface area contributed by atoms with Crippen molar-refractivity contribution in [3.63, 3.8) is 0 Å². The molecule has 1 aliphatic rings. The van der Waals surface area contributed by atoms with E-state index in [0.29, 0.717) is 12.8 Å². The average molecular weight is 267 g/mol. The number of halogens is 2. The monoisotopic (exact) mass is 267 g/mol. The molecule has 0 amide bonds. The van der Waals surface area contributed by atoms with E-state index in [1.165, 1.54) is 25.0 Å². The molecule has 2 atom stereocenters. The summed E-state index contributed by atoms with van der Waals surface area (Å²) in [5.41, 5.74) is 0.500. The van der Waals surface area contributed by atoms with Crippen molar-refractivity contribution in [2.24, 2.45) is 0 Å². The molecule has 1 heterocycles. The molecule has 3 heteroatoms. The molecular formula is C16H23F2N. The van der Waals surface area contributed by atoms with Crippen molar-refractivity contribution in [1.29, 1.82) is 0 Å². The van der Waals surface area contributed by atoms with E-state index in [9.17, 15) is 8.78 Å². The summed E-state index contributed by atoms with van der Waals surface area (Å²) < 4.78 is 27.8. The predicted molar refractivity (Wildman–Crippen MR) is 74.6 cm³/mol. The van der Waals surface area contributed by atoms with Gasteiger partial charge in [0.2, 0.25) is 0 Å². The van der Waals surface area contributed by atoms with E-state index in [0.717, 1.165) is 24.1 Å². The number of aryl methyl sites for hydroxylation is 1.